The number of nitrogens with one attached hydrogen (secondary N) is 1. The van der Waals surface area contributed by atoms with Gasteiger partial charge in [0.1, 0.15) is 5.83 Å². The molecule has 0 radical (unpaired) electrons. The van der Waals surface area contributed by atoms with E-state index in [1.165, 1.54) is 13.0 Å². The van der Waals surface area contributed by atoms with Gasteiger partial charge in [-0.2, -0.15) is 0 Å². The maximum Gasteiger partial charge on any atom is 0.221 e. The first-order valence-electron chi connectivity index (χ1n) is 4.53. The van der Waals surface area contributed by atoms with Gasteiger partial charge >= 0.3 is 0 Å². The van der Waals surface area contributed by atoms with Crippen LogP contribution in [0.15, 0.2) is 36.3 Å². The number of rotatable bonds is 4. The van der Waals surface area contributed by atoms with Crippen LogP contribution in [0.5, 0.6) is 0 Å². The largest absolute Gasteiger partial charge is 0.326 e. The van der Waals surface area contributed by atoms with Gasteiger partial charge in [0.25, 0.3) is 0 Å². The molecule has 1 aliphatic carbocycles. The number of hydrogen-bond acceptors (Lipinski definition) is 1. The van der Waals surface area contributed by atoms with Crippen molar-refractivity contribution in [1.29, 1.82) is 0 Å². The van der Waals surface area contributed by atoms with E-state index in [4.69, 9.17) is 0 Å². The molecule has 76 valence electrons. The Kier molecular flexibility index (Phi) is 3.23. The second-order valence-corrected chi connectivity index (χ2v) is 3.49. The highest BCUT2D eigenvalue weighted by Gasteiger charge is 2.27. The summed E-state index contributed by atoms with van der Waals surface area (Å²) >= 11 is 0. The van der Waals surface area contributed by atoms with Gasteiger partial charge in [-0.15, -0.1) is 0 Å². The average Bonchev–Trinajstić information content (AvgIpc) is 2.82. The van der Waals surface area contributed by atoms with Crippen molar-refractivity contribution < 1.29 is 9.18 Å². The number of amides is 1. The predicted octanol–water partition coefficient (Wildman–Crippen LogP) is 2.46. The lowest BCUT2D eigenvalue weighted by Crippen LogP contribution is -2.20. The lowest BCUT2D eigenvalue weighted by molar-refractivity contribution is -0.118. The molecule has 3 heteroatoms. The maximum atomic E-state index is 12.6. The highest BCUT2D eigenvalue weighted by Crippen LogP contribution is 2.38. The van der Waals surface area contributed by atoms with Crippen molar-refractivity contribution in [2.75, 3.05) is 0 Å². The van der Waals surface area contributed by atoms with Crippen molar-refractivity contribution in [3.8, 4) is 0 Å². The zero-order valence-corrected chi connectivity index (χ0v) is 8.27. The summed E-state index contributed by atoms with van der Waals surface area (Å²) in [5.74, 6) is -0.401. The Morgan fingerprint density at radius 2 is 2.07 bits per heavy atom. The molecule has 1 aliphatic rings. The van der Waals surface area contributed by atoms with Crippen LogP contribution >= 0.6 is 0 Å². The van der Waals surface area contributed by atoms with Crippen LogP contribution in [0.1, 0.15) is 19.8 Å². The highest BCUT2D eigenvalue weighted by molar-refractivity contribution is 5.76. The minimum atomic E-state index is -0.574. The van der Waals surface area contributed by atoms with Gasteiger partial charge < -0.3 is 5.32 Å². The minimum absolute atomic E-state index is 0.223. The van der Waals surface area contributed by atoms with E-state index >= 15 is 0 Å². The van der Waals surface area contributed by atoms with Gasteiger partial charge in [-0.25, -0.2) is 4.39 Å². The van der Waals surface area contributed by atoms with Crippen molar-refractivity contribution in [3.63, 3.8) is 0 Å². The Labute approximate surface area is 83.2 Å². The van der Waals surface area contributed by atoms with Gasteiger partial charge in [-0.05, 0) is 30.4 Å². The van der Waals surface area contributed by atoms with E-state index in [9.17, 15) is 9.18 Å². The number of carbonyl (C=O) groups is 1. The third-order valence-electron chi connectivity index (χ3n) is 2.03. The molecule has 0 aromatic rings. The minimum Gasteiger partial charge on any atom is -0.326 e. The Morgan fingerprint density at radius 1 is 1.50 bits per heavy atom. The smallest absolute Gasteiger partial charge is 0.221 e. The summed E-state index contributed by atoms with van der Waals surface area (Å²) in [7, 11) is 0. The van der Waals surface area contributed by atoms with E-state index in [0.717, 1.165) is 18.4 Å². The average molecular weight is 195 g/mol. The van der Waals surface area contributed by atoms with Crippen LogP contribution in [0, 0.1) is 5.92 Å². The van der Waals surface area contributed by atoms with E-state index in [0.29, 0.717) is 11.6 Å². The molecule has 0 atom stereocenters. The van der Waals surface area contributed by atoms with Crippen molar-refractivity contribution in [2.45, 2.75) is 19.8 Å². The Bertz CT molecular complexity index is 313. The Hall–Kier alpha value is -1.38. The van der Waals surface area contributed by atoms with Crippen LogP contribution < -0.4 is 5.32 Å². The second-order valence-electron chi connectivity index (χ2n) is 3.49. The molecule has 1 rings (SSSR count). The van der Waals surface area contributed by atoms with Crippen LogP contribution in [0.3, 0.4) is 0 Å². The number of hydrogen-bond donors (Lipinski definition) is 1. The van der Waals surface area contributed by atoms with Crippen LogP contribution in [0.4, 0.5) is 4.39 Å². The van der Waals surface area contributed by atoms with Crippen LogP contribution in [0.2, 0.25) is 0 Å². The molecular weight excluding hydrogens is 181 g/mol. The molecule has 0 aromatic heterocycles. The molecule has 0 spiro atoms. The molecule has 14 heavy (non-hydrogen) atoms. The second kappa shape index (κ2) is 4.22. The molecule has 1 amide bonds. The summed E-state index contributed by atoms with van der Waals surface area (Å²) < 4.78 is 12.6. The zero-order valence-electron chi connectivity index (χ0n) is 8.27. The topological polar surface area (TPSA) is 29.1 Å². The molecule has 0 aliphatic heterocycles. The zero-order chi connectivity index (χ0) is 10.7. The van der Waals surface area contributed by atoms with E-state index in [1.807, 2.05) is 0 Å². The van der Waals surface area contributed by atoms with Gasteiger partial charge in [0, 0.05) is 12.6 Å². The fraction of sp³-hybridized carbons (Fsp3) is 0.364. The first-order valence-corrected chi connectivity index (χ1v) is 4.53. The highest BCUT2D eigenvalue weighted by atomic mass is 19.1. The number of allylic oxidation sites excluding steroid dienone is 3. The Balaban J connectivity index is 2.74. The van der Waals surface area contributed by atoms with Crippen molar-refractivity contribution in [1.82, 2.24) is 5.32 Å². The summed E-state index contributed by atoms with van der Waals surface area (Å²) in [6, 6.07) is 0. The van der Waals surface area contributed by atoms with Crippen molar-refractivity contribution in [3.05, 3.63) is 36.3 Å². The van der Waals surface area contributed by atoms with Crippen LogP contribution in [-0.2, 0) is 4.79 Å². The SMILES string of the molecule is C=C(F)/C=C(/NC(C)=O)C(=C)C1CC1. The lowest BCUT2D eigenvalue weighted by atomic mass is 10.1. The summed E-state index contributed by atoms with van der Waals surface area (Å²) in [6.45, 7) is 8.35. The predicted molar refractivity (Wildman–Crippen MR) is 54.0 cm³/mol. The molecule has 0 heterocycles. The van der Waals surface area contributed by atoms with E-state index in [-0.39, 0.29) is 5.91 Å². The molecule has 2 nitrogen and oxygen atoms in total. The maximum absolute atomic E-state index is 12.6. The quantitative estimate of drug-likeness (QED) is 0.686. The van der Waals surface area contributed by atoms with E-state index < -0.39 is 5.83 Å². The molecule has 1 saturated carbocycles. The molecular formula is C11H14FNO. The lowest BCUT2D eigenvalue weighted by Gasteiger charge is -2.09. The molecule has 1 N–H and O–H groups in total. The normalized spacial score (nSPS) is 16.3. The van der Waals surface area contributed by atoms with Crippen molar-refractivity contribution in [2.24, 2.45) is 5.92 Å². The van der Waals surface area contributed by atoms with Gasteiger partial charge in [0.15, 0.2) is 0 Å². The van der Waals surface area contributed by atoms with Crippen LogP contribution in [-0.4, -0.2) is 5.91 Å². The van der Waals surface area contributed by atoms with Gasteiger partial charge in [-0.3, -0.25) is 4.79 Å². The molecule has 0 unspecified atom stereocenters. The van der Waals surface area contributed by atoms with Gasteiger partial charge in [-0.1, -0.05) is 13.2 Å². The number of halogens is 1. The molecule has 1 fully saturated rings. The summed E-state index contributed by atoms with van der Waals surface area (Å²) in [6.07, 6.45) is 3.34. The first-order chi connectivity index (χ1) is 6.50. The van der Waals surface area contributed by atoms with E-state index in [2.05, 4.69) is 18.5 Å². The summed E-state index contributed by atoms with van der Waals surface area (Å²) in [5, 5.41) is 2.55. The summed E-state index contributed by atoms with van der Waals surface area (Å²) in [5.41, 5.74) is 1.24. The van der Waals surface area contributed by atoms with Gasteiger partial charge in [0.2, 0.25) is 5.91 Å². The third kappa shape index (κ3) is 3.17. The molecule has 0 aromatic carbocycles. The Morgan fingerprint density at radius 3 is 2.43 bits per heavy atom. The monoisotopic (exact) mass is 195 g/mol. The van der Waals surface area contributed by atoms with Crippen LogP contribution in [0.25, 0.3) is 0 Å². The standard InChI is InChI=1S/C11H14FNO/c1-7(12)6-11(13-9(3)14)8(2)10-4-5-10/h6,10H,1-2,4-5H2,3H3,(H,13,14)/b11-6+. The first kappa shape index (κ1) is 10.7. The molecule has 0 saturated heterocycles. The van der Waals surface area contributed by atoms with Crippen molar-refractivity contribution >= 4 is 5.91 Å². The molecule has 0 bridgehead atoms. The van der Waals surface area contributed by atoms with Gasteiger partial charge in [0.05, 0.1) is 0 Å². The fourth-order valence-corrected chi connectivity index (χ4v) is 1.21. The summed E-state index contributed by atoms with van der Waals surface area (Å²) in [4.78, 5) is 10.8. The number of carbonyl (C=O) groups excluding carboxylic acids is 1. The van der Waals surface area contributed by atoms with E-state index in [1.54, 1.807) is 0 Å². The third-order valence-corrected chi connectivity index (χ3v) is 2.03. The fourth-order valence-electron chi connectivity index (χ4n) is 1.21.